The number of esters is 1. The molecule has 6 heteroatoms. The Labute approximate surface area is 193 Å². The fourth-order valence-corrected chi connectivity index (χ4v) is 4.99. The number of fused-ring (bicyclic) bond motifs is 3. The number of para-hydroxylation sites is 1. The van der Waals surface area contributed by atoms with E-state index in [0.717, 1.165) is 18.5 Å². The predicted molar refractivity (Wildman–Crippen MR) is 125 cm³/mol. The molecule has 2 heterocycles. The third-order valence-corrected chi connectivity index (χ3v) is 6.66. The van der Waals surface area contributed by atoms with Crippen molar-refractivity contribution in [3.63, 3.8) is 0 Å². The van der Waals surface area contributed by atoms with E-state index in [1.807, 2.05) is 43.4 Å². The summed E-state index contributed by atoms with van der Waals surface area (Å²) in [6.45, 7) is 3.51. The molecule has 3 aromatic carbocycles. The number of ether oxygens (including phenoxy) is 2. The quantitative estimate of drug-likeness (QED) is 0.423. The van der Waals surface area contributed by atoms with Crippen LogP contribution in [0.1, 0.15) is 39.5 Å². The van der Waals surface area contributed by atoms with Gasteiger partial charge < -0.3 is 14.8 Å². The van der Waals surface area contributed by atoms with Crippen molar-refractivity contribution in [3.05, 3.63) is 88.7 Å². The second kappa shape index (κ2) is 8.87. The van der Waals surface area contributed by atoms with E-state index in [0.29, 0.717) is 35.2 Å². The number of hydrogen-bond donors (Lipinski definition) is 1. The first-order valence-corrected chi connectivity index (χ1v) is 11.3. The number of nitrogens with one attached hydrogen (secondary N) is 1. The molecule has 170 valence electrons. The molecule has 5 rings (SSSR count). The number of hydrogen-bond acceptors (Lipinski definition) is 5. The SMILES string of the molecule is Cc1c(F)c2c(c(OCc3ccccc3)c1C(=O)Oc1ccccc1)NCC1CCN(C)C21. The van der Waals surface area contributed by atoms with Crippen LogP contribution in [0.5, 0.6) is 11.5 Å². The molecule has 1 N–H and O–H groups in total. The number of likely N-dealkylation sites (tertiary alicyclic amines) is 1. The lowest BCUT2D eigenvalue weighted by Gasteiger charge is -2.35. The van der Waals surface area contributed by atoms with Crippen LogP contribution in [0, 0.1) is 18.7 Å². The highest BCUT2D eigenvalue weighted by molar-refractivity contribution is 5.98. The van der Waals surface area contributed by atoms with Crippen LogP contribution in [0.15, 0.2) is 60.7 Å². The molecule has 33 heavy (non-hydrogen) atoms. The van der Waals surface area contributed by atoms with Crippen LogP contribution >= 0.6 is 0 Å². The zero-order chi connectivity index (χ0) is 22.9. The molecule has 1 saturated heterocycles. The minimum atomic E-state index is -0.632. The van der Waals surface area contributed by atoms with E-state index in [1.165, 1.54) is 0 Å². The van der Waals surface area contributed by atoms with Crippen molar-refractivity contribution in [2.75, 3.05) is 25.5 Å². The molecule has 0 saturated carbocycles. The molecular weight excluding hydrogens is 419 g/mol. The highest BCUT2D eigenvalue weighted by Gasteiger charge is 2.42. The van der Waals surface area contributed by atoms with Gasteiger partial charge in [-0.05, 0) is 50.6 Å². The van der Waals surface area contributed by atoms with Gasteiger partial charge in [-0.25, -0.2) is 9.18 Å². The first kappa shape index (κ1) is 21.5. The Morgan fingerprint density at radius 3 is 2.55 bits per heavy atom. The van der Waals surface area contributed by atoms with Crippen LogP contribution in [0.2, 0.25) is 0 Å². The van der Waals surface area contributed by atoms with Gasteiger partial charge in [0.25, 0.3) is 0 Å². The van der Waals surface area contributed by atoms with Crippen molar-refractivity contribution in [2.45, 2.75) is 26.0 Å². The number of carbonyl (C=O) groups excluding carboxylic acids is 1. The van der Waals surface area contributed by atoms with Gasteiger partial charge in [-0.3, -0.25) is 4.90 Å². The number of benzene rings is 3. The van der Waals surface area contributed by atoms with Gasteiger partial charge in [-0.2, -0.15) is 0 Å². The van der Waals surface area contributed by atoms with E-state index in [1.54, 1.807) is 31.2 Å². The zero-order valence-corrected chi connectivity index (χ0v) is 18.8. The molecule has 2 atom stereocenters. The van der Waals surface area contributed by atoms with Crippen molar-refractivity contribution >= 4 is 11.7 Å². The number of halogens is 1. The van der Waals surface area contributed by atoms with Crippen molar-refractivity contribution in [1.29, 1.82) is 0 Å². The molecule has 1 fully saturated rings. The second-order valence-electron chi connectivity index (χ2n) is 8.76. The Morgan fingerprint density at radius 1 is 1.12 bits per heavy atom. The predicted octanol–water partition coefficient (Wildman–Crippen LogP) is 5.35. The van der Waals surface area contributed by atoms with Gasteiger partial charge >= 0.3 is 5.97 Å². The van der Waals surface area contributed by atoms with Crippen LogP contribution in [-0.4, -0.2) is 31.0 Å². The maximum absolute atomic E-state index is 15.9. The molecule has 0 radical (unpaired) electrons. The summed E-state index contributed by atoms with van der Waals surface area (Å²) in [5.74, 6) is 0.0747. The lowest BCUT2D eigenvalue weighted by molar-refractivity contribution is 0.0728. The van der Waals surface area contributed by atoms with Crippen molar-refractivity contribution < 1.29 is 18.7 Å². The Morgan fingerprint density at radius 2 is 1.82 bits per heavy atom. The molecule has 0 spiro atoms. The monoisotopic (exact) mass is 446 g/mol. The van der Waals surface area contributed by atoms with E-state index in [9.17, 15) is 4.79 Å². The number of carbonyl (C=O) groups is 1. The Bertz CT molecular complexity index is 1170. The van der Waals surface area contributed by atoms with Gasteiger partial charge in [0, 0.05) is 23.7 Å². The van der Waals surface area contributed by atoms with Crippen molar-refractivity contribution in [1.82, 2.24) is 4.90 Å². The molecule has 5 nitrogen and oxygen atoms in total. The topological polar surface area (TPSA) is 50.8 Å². The van der Waals surface area contributed by atoms with Gasteiger partial charge in [0.05, 0.1) is 5.69 Å². The molecule has 3 aromatic rings. The molecular formula is C27H27FN2O3. The summed E-state index contributed by atoms with van der Waals surface area (Å²) in [6.07, 6.45) is 1.00. The molecule has 0 aliphatic carbocycles. The summed E-state index contributed by atoms with van der Waals surface area (Å²) in [4.78, 5) is 15.5. The summed E-state index contributed by atoms with van der Waals surface area (Å²) in [7, 11) is 2.02. The van der Waals surface area contributed by atoms with Crippen molar-refractivity contribution in [2.24, 2.45) is 5.92 Å². The van der Waals surface area contributed by atoms with Gasteiger partial charge in [0.2, 0.25) is 0 Å². The van der Waals surface area contributed by atoms with Crippen LogP contribution in [0.3, 0.4) is 0 Å². The van der Waals surface area contributed by atoms with Crippen LogP contribution in [0.4, 0.5) is 10.1 Å². The third-order valence-electron chi connectivity index (χ3n) is 6.66. The number of rotatable bonds is 5. The maximum atomic E-state index is 15.9. The van der Waals surface area contributed by atoms with E-state index in [-0.39, 0.29) is 29.6 Å². The standard InChI is InChI=1S/C27H27FN2O3/c1-17-21(27(31)33-20-11-7-4-8-12-20)26(32-16-18-9-5-3-6-10-18)24-22(23(17)28)25-19(15-29-24)13-14-30(25)2/h3-12,19,25,29H,13-16H2,1-2H3. The van der Waals surface area contributed by atoms with Gasteiger partial charge in [0.1, 0.15) is 23.7 Å². The summed E-state index contributed by atoms with van der Waals surface area (Å²) >= 11 is 0. The zero-order valence-electron chi connectivity index (χ0n) is 18.8. The minimum Gasteiger partial charge on any atom is -0.486 e. The van der Waals surface area contributed by atoms with Gasteiger partial charge in [0.15, 0.2) is 5.75 Å². The first-order valence-electron chi connectivity index (χ1n) is 11.3. The minimum absolute atomic E-state index is 0.0433. The molecule has 2 unspecified atom stereocenters. The second-order valence-corrected chi connectivity index (χ2v) is 8.76. The Balaban J connectivity index is 1.61. The fraction of sp³-hybridized carbons (Fsp3) is 0.296. The van der Waals surface area contributed by atoms with Crippen LogP contribution in [0.25, 0.3) is 0 Å². The maximum Gasteiger partial charge on any atom is 0.347 e. The smallest absolute Gasteiger partial charge is 0.347 e. The normalized spacial score (nSPS) is 19.4. The molecule has 2 aliphatic heterocycles. The van der Waals surface area contributed by atoms with E-state index in [2.05, 4.69) is 10.2 Å². The molecule has 0 amide bonds. The largest absolute Gasteiger partial charge is 0.486 e. The molecule has 0 aromatic heterocycles. The van der Waals surface area contributed by atoms with Crippen molar-refractivity contribution in [3.8, 4) is 11.5 Å². The van der Waals surface area contributed by atoms with E-state index < -0.39 is 5.97 Å². The third kappa shape index (κ3) is 3.95. The lowest BCUT2D eigenvalue weighted by atomic mass is 9.85. The van der Waals surface area contributed by atoms with Gasteiger partial charge in [-0.15, -0.1) is 0 Å². The number of nitrogens with zero attached hydrogens (tertiary/aromatic N) is 1. The molecule has 0 bridgehead atoms. The Hall–Kier alpha value is -3.38. The first-order chi connectivity index (χ1) is 16.0. The lowest BCUT2D eigenvalue weighted by Crippen LogP contribution is -2.32. The van der Waals surface area contributed by atoms with Crippen LogP contribution in [-0.2, 0) is 6.61 Å². The summed E-state index contributed by atoms with van der Waals surface area (Å²) in [6, 6.07) is 18.5. The molecule has 2 aliphatic rings. The summed E-state index contributed by atoms with van der Waals surface area (Å²) < 4.78 is 27.7. The Kier molecular flexibility index (Phi) is 5.77. The highest BCUT2D eigenvalue weighted by Crippen LogP contribution is 2.50. The fourth-order valence-electron chi connectivity index (χ4n) is 4.99. The van der Waals surface area contributed by atoms with Gasteiger partial charge in [-0.1, -0.05) is 48.5 Å². The average molecular weight is 447 g/mol. The van der Waals surface area contributed by atoms with Crippen LogP contribution < -0.4 is 14.8 Å². The van der Waals surface area contributed by atoms with E-state index in [4.69, 9.17) is 9.47 Å². The summed E-state index contributed by atoms with van der Waals surface area (Å²) in [5, 5.41) is 3.39. The van der Waals surface area contributed by atoms with E-state index >= 15 is 4.39 Å². The highest BCUT2D eigenvalue weighted by atomic mass is 19.1. The average Bonchev–Trinajstić information content (AvgIpc) is 3.22. The number of anilines is 1. The summed E-state index contributed by atoms with van der Waals surface area (Å²) in [5.41, 5.74) is 2.48.